The van der Waals surface area contributed by atoms with Crippen molar-refractivity contribution >= 4 is 11.9 Å². The summed E-state index contributed by atoms with van der Waals surface area (Å²) in [6.45, 7) is 3.53. The molecule has 0 aliphatic carbocycles. The molecule has 1 unspecified atom stereocenters. The molecule has 21 heavy (non-hydrogen) atoms. The minimum Gasteiger partial charge on any atom is -0.497 e. The van der Waals surface area contributed by atoms with Crippen molar-refractivity contribution in [3.05, 3.63) is 29.8 Å². The van der Waals surface area contributed by atoms with Crippen molar-refractivity contribution in [2.45, 2.75) is 19.5 Å². The second-order valence-electron chi connectivity index (χ2n) is 5.32. The van der Waals surface area contributed by atoms with Gasteiger partial charge in [-0.15, -0.1) is 0 Å². The topological polar surface area (TPSA) is 63.1 Å². The lowest BCUT2D eigenvalue weighted by Gasteiger charge is -2.24. The van der Waals surface area contributed by atoms with E-state index in [0.717, 1.165) is 16.2 Å². The van der Waals surface area contributed by atoms with Gasteiger partial charge in [0.25, 0.3) is 5.91 Å². The number of nitrogens with one attached hydrogen (secondary N) is 2. The second kappa shape index (κ2) is 6.58. The molecule has 1 aliphatic rings. The zero-order valence-corrected chi connectivity index (χ0v) is 12.7. The minimum atomic E-state index is -0.291. The maximum absolute atomic E-state index is 12.3. The lowest BCUT2D eigenvalue weighted by atomic mass is 10.1. The highest BCUT2D eigenvalue weighted by Crippen LogP contribution is 2.11. The molecule has 6 nitrogen and oxygen atoms in total. The van der Waals surface area contributed by atoms with Crippen molar-refractivity contribution in [1.29, 1.82) is 0 Å². The van der Waals surface area contributed by atoms with E-state index >= 15 is 0 Å². The van der Waals surface area contributed by atoms with E-state index in [2.05, 4.69) is 5.32 Å². The van der Waals surface area contributed by atoms with Gasteiger partial charge in [-0.2, -0.15) is 0 Å². The van der Waals surface area contributed by atoms with Gasteiger partial charge >= 0.3 is 6.03 Å². The summed E-state index contributed by atoms with van der Waals surface area (Å²) in [7, 11) is 3.59. The van der Waals surface area contributed by atoms with Crippen LogP contribution in [-0.2, 0) is 11.3 Å². The van der Waals surface area contributed by atoms with Gasteiger partial charge in [0.1, 0.15) is 12.3 Å². The molecule has 1 saturated heterocycles. The number of rotatable bonds is 5. The lowest BCUT2D eigenvalue weighted by Crippen LogP contribution is -3.12. The zero-order chi connectivity index (χ0) is 15.4. The molecule has 0 saturated carbocycles. The van der Waals surface area contributed by atoms with Crippen LogP contribution in [0.1, 0.15) is 12.5 Å². The lowest BCUT2D eigenvalue weighted by molar-refractivity contribution is -0.908. The summed E-state index contributed by atoms with van der Waals surface area (Å²) in [5.41, 5.74) is 1.09. The van der Waals surface area contributed by atoms with Crippen molar-refractivity contribution in [1.82, 2.24) is 10.2 Å². The van der Waals surface area contributed by atoms with Crippen molar-refractivity contribution in [2.75, 3.05) is 27.2 Å². The second-order valence-corrected chi connectivity index (χ2v) is 5.32. The van der Waals surface area contributed by atoms with Crippen LogP contribution >= 0.6 is 0 Å². The fourth-order valence-corrected chi connectivity index (χ4v) is 2.38. The standard InChI is InChI=1S/C15H21N3O3/c1-11(14(19)18-8-7-16-15(18)20)17(2)10-12-5-4-6-13(9-12)21-3/h4-6,9,11H,7-8,10H2,1-3H3,(H,16,20)/p+1/t11-/m1/s1. The molecule has 6 heteroatoms. The SMILES string of the molecule is COc1cccc(C[NH+](C)[C@H](C)C(=O)N2CCNC2=O)c1. The summed E-state index contributed by atoms with van der Waals surface area (Å²) in [5, 5.41) is 2.65. The number of nitrogens with zero attached hydrogens (tertiary/aromatic N) is 1. The van der Waals surface area contributed by atoms with Crippen LogP contribution in [0.5, 0.6) is 5.75 Å². The zero-order valence-electron chi connectivity index (χ0n) is 12.7. The van der Waals surface area contributed by atoms with E-state index < -0.39 is 0 Å². The summed E-state index contributed by atoms with van der Waals surface area (Å²) >= 11 is 0. The number of hydrogen-bond acceptors (Lipinski definition) is 3. The highest BCUT2D eigenvalue weighted by molar-refractivity contribution is 5.97. The number of urea groups is 1. The van der Waals surface area contributed by atoms with Gasteiger partial charge in [0.15, 0.2) is 6.04 Å². The highest BCUT2D eigenvalue weighted by Gasteiger charge is 2.33. The number of carbonyl (C=O) groups is 2. The average Bonchev–Trinajstić information content (AvgIpc) is 2.92. The Balaban J connectivity index is 1.99. The Bertz CT molecular complexity index is 533. The average molecular weight is 292 g/mol. The van der Waals surface area contributed by atoms with E-state index in [-0.39, 0.29) is 18.0 Å². The summed E-state index contributed by atoms with van der Waals surface area (Å²) in [5.74, 6) is 0.670. The van der Waals surface area contributed by atoms with Crippen molar-refractivity contribution < 1.29 is 19.2 Å². The predicted molar refractivity (Wildman–Crippen MR) is 78.2 cm³/mol. The van der Waals surface area contributed by atoms with Crippen LogP contribution in [-0.4, -0.2) is 50.1 Å². The third-order valence-electron chi connectivity index (χ3n) is 3.85. The molecular formula is C15H22N3O3+. The molecule has 1 heterocycles. The number of amides is 3. The van der Waals surface area contributed by atoms with E-state index in [9.17, 15) is 9.59 Å². The fraction of sp³-hybridized carbons (Fsp3) is 0.467. The summed E-state index contributed by atoms with van der Waals surface area (Å²) in [6, 6.07) is 7.22. The van der Waals surface area contributed by atoms with E-state index in [4.69, 9.17) is 4.74 Å². The number of methoxy groups -OCH3 is 1. The molecule has 3 amide bonds. The molecule has 1 aromatic carbocycles. The molecular weight excluding hydrogens is 270 g/mol. The number of hydrogen-bond donors (Lipinski definition) is 2. The maximum Gasteiger partial charge on any atom is 0.324 e. The molecule has 0 radical (unpaired) electrons. The van der Waals surface area contributed by atoms with Gasteiger partial charge in [0, 0.05) is 18.7 Å². The highest BCUT2D eigenvalue weighted by atomic mass is 16.5. The van der Waals surface area contributed by atoms with Gasteiger partial charge in [0.05, 0.1) is 14.2 Å². The van der Waals surface area contributed by atoms with Gasteiger partial charge in [-0.05, 0) is 19.1 Å². The smallest absolute Gasteiger partial charge is 0.324 e. The van der Waals surface area contributed by atoms with Gasteiger partial charge in [-0.25, -0.2) is 4.79 Å². The molecule has 2 rings (SSSR count). The largest absolute Gasteiger partial charge is 0.497 e. The monoisotopic (exact) mass is 292 g/mol. The normalized spacial score (nSPS) is 17.3. The number of carbonyl (C=O) groups excluding carboxylic acids is 2. The van der Waals surface area contributed by atoms with Crippen LogP contribution in [0.3, 0.4) is 0 Å². The maximum atomic E-state index is 12.3. The third kappa shape index (κ3) is 3.52. The number of ether oxygens (including phenoxy) is 1. The number of benzene rings is 1. The van der Waals surface area contributed by atoms with Crippen molar-refractivity contribution in [2.24, 2.45) is 0 Å². The first-order chi connectivity index (χ1) is 10.0. The van der Waals surface area contributed by atoms with E-state index in [1.54, 1.807) is 7.11 Å². The molecule has 1 aromatic rings. The Labute approximate surface area is 124 Å². The van der Waals surface area contributed by atoms with Crippen molar-refractivity contribution in [3.63, 3.8) is 0 Å². The molecule has 1 fully saturated rings. The molecule has 114 valence electrons. The quantitative estimate of drug-likeness (QED) is 0.780. The van der Waals surface area contributed by atoms with Crippen LogP contribution < -0.4 is 15.0 Å². The number of likely N-dealkylation sites (N-methyl/N-ethyl adjacent to an activating group) is 1. The Morgan fingerprint density at radius 2 is 2.29 bits per heavy atom. The van der Waals surface area contributed by atoms with Crippen LogP contribution in [0.25, 0.3) is 0 Å². The first-order valence-electron chi connectivity index (χ1n) is 7.07. The van der Waals surface area contributed by atoms with E-state index in [1.165, 1.54) is 4.90 Å². The van der Waals surface area contributed by atoms with Gasteiger partial charge in [-0.3, -0.25) is 9.69 Å². The van der Waals surface area contributed by atoms with E-state index in [1.807, 2.05) is 38.2 Å². The molecule has 0 aromatic heterocycles. The van der Waals surface area contributed by atoms with E-state index in [0.29, 0.717) is 19.6 Å². The Kier molecular flexibility index (Phi) is 4.80. The van der Waals surface area contributed by atoms with Crippen LogP contribution in [0.4, 0.5) is 4.79 Å². The number of quaternary nitrogens is 1. The predicted octanol–water partition coefficient (Wildman–Crippen LogP) is -0.350. The van der Waals surface area contributed by atoms with Gasteiger partial charge in [0.2, 0.25) is 0 Å². The first-order valence-corrected chi connectivity index (χ1v) is 7.07. The number of imide groups is 1. The molecule has 0 bridgehead atoms. The summed E-state index contributed by atoms with van der Waals surface area (Å²) < 4.78 is 5.20. The van der Waals surface area contributed by atoms with Crippen molar-refractivity contribution in [3.8, 4) is 5.75 Å². The Morgan fingerprint density at radius 1 is 1.52 bits per heavy atom. The fourth-order valence-electron chi connectivity index (χ4n) is 2.38. The van der Waals surface area contributed by atoms with Gasteiger partial charge in [-0.1, -0.05) is 12.1 Å². The summed E-state index contributed by atoms with van der Waals surface area (Å²) in [4.78, 5) is 26.2. The van der Waals surface area contributed by atoms with Crippen LogP contribution in [0.15, 0.2) is 24.3 Å². The summed E-state index contributed by atoms with van der Waals surface area (Å²) in [6.07, 6.45) is 0. The molecule has 2 N–H and O–H groups in total. The molecule has 0 spiro atoms. The molecule has 1 aliphatic heterocycles. The van der Waals surface area contributed by atoms with Crippen LogP contribution in [0.2, 0.25) is 0 Å². The third-order valence-corrected chi connectivity index (χ3v) is 3.85. The minimum absolute atomic E-state index is 0.134. The Morgan fingerprint density at radius 3 is 2.90 bits per heavy atom. The Hall–Kier alpha value is -2.08. The molecule has 2 atom stereocenters. The van der Waals surface area contributed by atoms with Gasteiger partial charge < -0.3 is 15.0 Å². The first kappa shape index (κ1) is 15.3. The van der Waals surface area contributed by atoms with Crippen LogP contribution in [0, 0.1) is 0 Å².